The quantitative estimate of drug-likeness (QED) is 0.202. The lowest BCUT2D eigenvalue weighted by Gasteiger charge is -2.19. The molecular formula is C27H28FNO5P+. The highest BCUT2D eigenvalue weighted by molar-refractivity contribution is 7.40. The van der Waals surface area contributed by atoms with Crippen LogP contribution in [0.3, 0.4) is 0 Å². The summed E-state index contributed by atoms with van der Waals surface area (Å²) in [5.41, 5.74) is 2.37. The summed E-state index contributed by atoms with van der Waals surface area (Å²) in [5, 5.41) is 10.5. The van der Waals surface area contributed by atoms with Gasteiger partial charge in [-0.3, -0.25) is 4.79 Å². The minimum absolute atomic E-state index is 0.116. The van der Waals surface area contributed by atoms with Crippen molar-refractivity contribution in [1.29, 1.82) is 0 Å². The number of hydrogen-bond donors (Lipinski definition) is 1. The Morgan fingerprint density at radius 3 is 2.37 bits per heavy atom. The molecule has 0 amide bonds. The zero-order valence-corrected chi connectivity index (χ0v) is 20.7. The van der Waals surface area contributed by atoms with E-state index in [-0.39, 0.29) is 17.5 Å². The lowest BCUT2D eigenvalue weighted by atomic mass is 9.97. The fourth-order valence-corrected chi connectivity index (χ4v) is 4.41. The number of nitrogens with zero attached hydrogens (tertiary/aromatic N) is 1. The number of rotatable bonds is 10. The van der Waals surface area contributed by atoms with Gasteiger partial charge in [0.05, 0.1) is 24.9 Å². The summed E-state index contributed by atoms with van der Waals surface area (Å²) in [7, 11) is -0.983. The van der Waals surface area contributed by atoms with E-state index in [0.717, 1.165) is 5.56 Å². The SMILES string of the molecule is C=CC(C(O)CC(=O)Oc1c(-c2ccc(F)cc2)cc(-c2ccccc2)nc1C(C)C)[P+](=O)OC. The summed E-state index contributed by atoms with van der Waals surface area (Å²) in [6.45, 7) is 7.41. The van der Waals surface area contributed by atoms with Gasteiger partial charge in [-0.1, -0.05) is 62.9 Å². The maximum absolute atomic E-state index is 13.6. The van der Waals surface area contributed by atoms with Crippen molar-refractivity contribution in [1.82, 2.24) is 4.98 Å². The van der Waals surface area contributed by atoms with E-state index >= 15 is 0 Å². The van der Waals surface area contributed by atoms with Crippen LogP contribution in [-0.2, 0) is 13.9 Å². The third kappa shape index (κ3) is 6.45. The number of benzene rings is 2. The summed E-state index contributed by atoms with van der Waals surface area (Å²) < 4.78 is 36.2. The summed E-state index contributed by atoms with van der Waals surface area (Å²) >= 11 is 0. The van der Waals surface area contributed by atoms with Gasteiger partial charge in [0.25, 0.3) is 0 Å². The van der Waals surface area contributed by atoms with Crippen LogP contribution in [-0.4, -0.2) is 34.9 Å². The average molecular weight is 496 g/mol. The molecule has 0 aliphatic carbocycles. The van der Waals surface area contributed by atoms with Gasteiger partial charge in [0.1, 0.15) is 11.9 Å². The zero-order chi connectivity index (χ0) is 25.5. The molecule has 1 heterocycles. The predicted molar refractivity (Wildman–Crippen MR) is 134 cm³/mol. The van der Waals surface area contributed by atoms with Crippen LogP contribution in [0.4, 0.5) is 4.39 Å². The number of aliphatic hydroxyl groups is 1. The van der Waals surface area contributed by atoms with Crippen molar-refractivity contribution < 1.29 is 28.1 Å². The summed E-state index contributed by atoms with van der Waals surface area (Å²) in [4.78, 5) is 17.7. The van der Waals surface area contributed by atoms with Gasteiger partial charge in [-0.05, 0) is 40.3 Å². The van der Waals surface area contributed by atoms with E-state index in [2.05, 4.69) is 6.58 Å². The second-order valence-electron chi connectivity index (χ2n) is 8.24. The van der Waals surface area contributed by atoms with Crippen molar-refractivity contribution in [2.75, 3.05) is 7.11 Å². The number of pyridine rings is 1. The first-order valence-electron chi connectivity index (χ1n) is 11.1. The first-order chi connectivity index (χ1) is 16.7. The number of aliphatic hydroxyl groups excluding tert-OH is 1. The molecule has 0 spiro atoms. The Kier molecular flexibility index (Phi) is 8.99. The first kappa shape index (κ1) is 26.4. The maximum atomic E-state index is 13.6. The van der Waals surface area contributed by atoms with Gasteiger partial charge in [-0.2, -0.15) is 0 Å². The zero-order valence-electron chi connectivity index (χ0n) is 19.8. The van der Waals surface area contributed by atoms with Crippen molar-refractivity contribution in [2.45, 2.75) is 37.9 Å². The molecule has 1 N–H and O–H groups in total. The Hall–Kier alpha value is -3.25. The molecule has 8 heteroatoms. The standard InChI is InChI=1S/C27H28FNO5P/c1-5-24(35(32)33-4)23(30)16-25(31)34-27-21(18-11-13-20(28)14-12-18)15-22(29-26(27)17(2)3)19-9-7-6-8-10-19/h5-15,17,23-24,30H,1,16H2,2-4H3/q+1. The van der Waals surface area contributed by atoms with Crippen LogP contribution in [0.5, 0.6) is 5.75 Å². The number of hydrogen-bond acceptors (Lipinski definition) is 6. The number of carbonyl (C=O) groups is 1. The van der Waals surface area contributed by atoms with Crippen molar-refractivity contribution >= 4 is 14.0 Å². The summed E-state index contributed by atoms with van der Waals surface area (Å²) in [5.74, 6) is -1.01. The van der Waals surface area contributed by atoms with Crippen molar-refractivity contribution in [3.05, 3.63) is 84.8 Å². The molecule has 3 atom stereocenters. The molecule has 3 rings (SSSR count). The molecule has 182 valence electrons. The van der Waals surface area contributed by atoms with E-state index in [1.807, 2.05) is 44.2 Å². The second-order valence-corrected chi connectivity index (χ2v) is 9.77. The fraction of sp³-hybridized carbons (Fsp3) is 0.259. The lowest BCUT2D eigenvalue weighted by molar-refractivity contribution is -0.136. The smallest absolute Gasteiger partial charge is 0.424 e. The van der Waals surface area contributed by atoms with Gasteiger partial charge in [0.2, 0.25) is 5.66 Å². The second kappa shape index (κ2) is 11.9. The summed E-state index contributed by atoms with van der Waals surface area (Å²) in [6.07, 6.45) is -0.446. The van der Waals surface area contributed by atoms with Gasteiger partial charge in [-0.15, -0.1) is 4.52 Å². The number of carbonyl (C=O) groups excluding carboxylic acids is 1. The maximum Gasteiger partial charge on any atom is 0.518 e. The molecule has 0 radical (unpaired) electrons. The monoisotopic (exact) mass is 496 g/mol. The van der Waals surface area contributed by atoms with Gasteiger partial charge in [-0.25, -0.2) is 9.37 Å². The van der Waals surface area contributed by atoms with Crippen LogP contribution in [0.15, 0.2) is 73.3 Å². The van der Waals surface area contributed by atoms with Crippen LogP contribution in [0.1, 0.15) is 31.9 Å². The van der Waals surface area contributed by atoms with E-state index in [0.29, 0.717) is 22.5 Å². The molecule has 0 fully saturated rings. The minimum Gasteiger partial charge on any atom is -0.424 e. The molecule has 1 aromatic heterocycles. The molecule has 35 heavy (non-hydrogen) atoms. The van der Waals surface area contributed by atoms with E-state index in [9.17, 15) is 18.9 Å². The highest BCUT2D eigenvalue weighted by Crippen LogP contribution is 2.39. The molecule has 0 saturated carbocycles. The normalized spacial score (nSPS) is 13.3. The van der Waals surface area contributed by atoms with E-state index in [1.54, 1.807) is 18.2 Å². The van der Waals surface area contributed by atoms with Gasteiger partial charge in [0.15, 0.2) is 5.75 Å². The Morgan fingerprint density at radius 2 is 1.80 bits per heavy atom. The van der Waals surface area contributed by atoms with Crippen LogP contribution in [0.25, 0.3) is 22.4 Å². The van der Waals surface area contributed by atoms with Crippen LogP contribution in [0.2, 0.25) is 0 Å². The van der Waals surface area contributed by atoms with Crippen molar-refractivity contribution in [3.63, 3.8) is 0 Å². The van der Waals surface area contributed by atoms with E-state index in [4.69, 9.17) is 14.2 Å². The third-order valence-corrected chi connectivity index (χ3v) is 6.82. The van der Waals surface area contributed by atoms with Crippen LogP contribution in [0, 0.1) is 5.82 Å². The molecule has 0 bridgehead atoms. The average Bonchev–Trinajstić information content (AvgIpc) is 2.85. The largest absolute Gasteiger partial charge is 0.518 e. The van der Waals surface area contributed by atoms with Gasteiger partial charge < -0.3 is 9.84 Å². The minimum atomic E-state index is -2.24. The van der Waals surface area contributed by atoms with E-state index < -0.39 is 32.2 Å². The molecule has 0 aliphatic heterocycles. The van der Waals surface area contributed by atoms with Crippen LogP contribution >= 0.6 is 8.03 Å². The third-order valence-electron chi connectivity index (χ3n) is 5.42. The van der Waals surface area contributed by atoms with E-state index in [1.165, 1.54) is 25.3 Å². The Labute approximate surface area is 205 Å². The highest BCUT2D eigenvalue weighted by Gasteiger charge is 2.37. The predicted octanol–water partition coefficient (Wildman–Crippen LogP) is 6.28. The van der Waals surface area contributed by atoms with Crippen LogP contribution < -0.4 is 4.74 Å². The fourth-order valence-electron chi connectivity index (χ4n) is 3.60. The van der Waals surface area contributed by atoms with Gasteiger partial charge >= 0.3 is 14.0 Å². The lowest BCUT2D eigenvalue weighted by Crippen LogP contribution is -2.27. The number of ether oxygens (including phenoxy) is 1. The van der Waals surface area contributed by atoms with Crippen molar-refractivity contribution in [3.8, 4) is 28.1 Å². The van der Waals surface area contributed by atoms with Crippen molar-refractivity contribution in [2.24, 2.45) is 0 Å². The Balaban J connectivity index is 2.06. The molecule has 2 aromatic carbocycles. The van der Waals surface area contributed by atoms with Gasteiger partial charge in [0, 0.05) is 11.1 Å². The molecule has 0 saturated heterocycles. The number of aromatic nitrogens is 1. The molecular weight excluding hydrogens is 468 g/mol. The summed E-state index contributed by atoms with van der Waals surface area (Å²) in [6, 6.07) is 17.2. The molecule has 0 aliphatic rings. The molecule has 3 unspecified atom stereocenters. The molecule has 6 nitrogen and oxygen atoms in total. The Morgan fingerprint density at radius 1 is 1.14 bits per heavy atom. The first-order valence-corrected chi connectivity index (χ1v) is 12.4. The number of halogens is 1. The molecule has 3 aromatic rings. The Bertz CT molecular complexity index is 1200. The number of esters is 1. The topological polar surface area (TPSA) is 85.7 Å². The highest BCUT2D eigenvalue weighted by atomic mass is 31.1.